The summed E-state index contributed by atoms with van der Waals surface area (Å²) in [5.41, 5.74) is 0.116. The van der Waals surface area contributed by atoms with Crippen LogP contribution < -0.4 is 15.4 Å². The first kappa shape index (κ1) is 18.2. The van der Waals surface area contributed by atoms with Gasteiger partial charge in [0.05, 0.1) is 12.3 Å². The zero-order valence-electron chi connectivity index (χ0n) is 14.4. The Morgan fingerprint density at radius 2 is 1.81 bits per heavy atom. The Hall–Kier alpha value is -3.55. The van der Waals surface area contributed by atoms with E-state index in [1.807, 2.05) is 6.92 Å². The van der Waals surface area contributed by atoms with Crippen molar-refractivity contribution in [3.63, 3.8) is 0 Å². The summed E-state index contributed by atoms with van der Waals surface area (Å²) in [7, 11) is 0. The van der Waals surface area contributed by atoms with Crippen LogP contribution in [0, 0.1) is 11.6 Å². The Balaban J connectivity index is 1.80. The molecular formula is C19H16F2N4O2. The molecule has 0 aliphatic carbocycles. The minimum Gasteiger partial charge on any atom is -0.492 e. The molecule has 0 unspecified atom stereocenters. The van der Waals surface area contributed by atoms with Gasteiger partial charge in [-0.1, -0.05) is 18.2 Å². The number of para-hydroxylation sites is 3. The van der Waals surface area contributed by atoms with Crippen LogP contribution in [0.4, 0.5) is 26.1 Å². The topological polar surface area (TPSA) is 76.1 Å². The number of carbonyl (C=O) groups is 1. The summed E-state index contributed by atoms with van der Waals surface area (Å²) in [5, 5.41) is 5.15. The minimum atomic E-state index is -0.793. The average molecular weight is 370 g/mol. The van der Waals surface area contributed by atoms with Crippen molar-refractivity contribution < 1.29 is 18.3 Å². The van der Waals surface area contributed by atoms with E-state index in [2.05, 4.69) is 20.6 Å². The number of hydrogen-bond donors (Lipinski definition) is 2. The van der Waals surface area contributed by atoms with Crippen molar-refractivity contribution in [1.82, 2.24) is 9.97 Å². The summed E-state index contributed by atoms with van der Waals surface area (Å²) in [5.74, 6) is -1.68. The number of benzene rings is 2. The second-order valence-electron chi connectivity index (χ2n) is 5.37. The zero-order valence-corrected chi connectivity index (χ0v) is 14.4. The van der Waals surface area contributed by atoms with Crippen molar-refractivity contribution in [3.05, 3.63) is 72.1 Å². The highest BCUT2D eigenvalue weighted by molar-refractivity contribution is 6.03. The number of ether oxygens (including phenoxy) is 1. The van der Waals surface area contributed by atoms with E-state index in [-0.39, 0.29) is 11.6 Å². The fourth-order valence-electron chi connectivity index (χ4n) is 2.31. The number of anilines is 3. The van der Waals surface area contributed by atoms with Crippen LogP contribution in [-0.2, 0) is 0 Å². The van der Waals surface area contributed by atoms with Gasteiger partial charge in [0.1, 0.15) is 28.8 Å². The van der Waals surface area contributed by atoms with E-state index in [4.69, 9.17) is 4.74 Å². The van der Waals surface area contributed by atoms with Gasteiger partial charge in [0.2, 0.25) is 5.95 Å². The highest BCUT2D eigenvalue weighted by Crippen LogP contribution is 2.24. The Kier molecular flexibility index (Phi) is 5.55. The van der Waals surface area contributed by atoms with E-state index < -0.39 is 23.2 Å². The van der Waals surface area contributed by atoms with Crippen LogP contribution in [0.15, 0.2) is 54.7 Å². The predicted molar refractivity (Wildman–Crippen MR) is 97.2 cm³/mol. The predicted octanol–water partition coefficient (Wildman–Crippen LogP) is 4.15. The zero-order chi connectivity index (χ0) is 19.2. The molecule has 6 nitrogen and oxygen atoms in total. The number of rotatable bonds is 6. The number of hydrogen-bond acceptors (Lipinski definition) is 5. The molecule has 27 heavy (non-hydrogen) atoms. The van der Waals surface area contributed by atoms with Crippen molar-refractivity contribution in [2.24, 2.45) is 0 Å². The molecule has 0 fully saturated rings. The van der Waals surface area contributed by atoms with Crippen LogP contribution >= 0.6 is 0 Å². The lowest BCUT2D eigenvalue weighted by atomic mass is 10.2. The van der Waals surface area contributed by atoms with Gasteiger partial charge in [-0.3, -0.25) is 4.79 Å². The third-order valence-electron chi connectivity index (χ3n) is 3.52. The second-order valence-corrected chi connectivity index (χ2v) is 5.37. The van der Waals surface area contributed by atoms with Gasteiger partial charge >= 0.3 is 0 Å². The second kappa shape index (κ2) is 8.22. The van der Waals surface area contributed by atoms with E-state index in [1.54, 1.807) is 24.3 Å². The third kappa shape index (κ3) is 4.35. The molecule has 138 valence electrons. The van der Waals surface area contributed by atoms with Crippen LogP contribution in [0.5, 0.6) is 5.75 Å². The first-order chi connectivity index (χ1) is 13.1. The molecule has 0 saturated heterocycles. The molecule has 2 N–H and O–H groups in total. The number of nitrogens with one attached hydrogen (secondary N) is 2. The van der Waals surface area contributed by atoms with Crippen molar-refractivity contribution in [2.45, 2.75) is 6.92 Å². The highest BCUT2D eigenvalue weighted by atomic mass is 19.1. The maximum atomic E-state index is 13.7. The van der Waals surface area contributed by atoms with Gasteiger partial charge in [-0.2, -0.15) is 0 Å². The van der Waals surface area contributed by atoms with E-state index in [9.17, 15) is 13.6 Å². The lowest BCUT2D eigenvalue weighted by Crippen LogP contribution is -2.15. The van der Waals surface area contributed by atoms with Gasteiger partial charge in [-0.05, 0) is 37.3 Å². The number of amides is 1. The maximum Gasteiger partial charge on any atom is 0.274 e. The molecule has 3 aromatic rings. The van der Waals surface area contributed by atoms with E-state index in [0.717, 1.165) is 12.1 Å². The van der Waals surface area contributed by atoms with Crippen molar-refractivity contribution in [1.29, 1.82) is 0 Å². The van der Waals surface area contributed by atoms with E-state index in [0.29, 0.717) is 18.0 Å². The smallest absolute Gasteiger partial charge is 0.274 e. The fourth-order valence-corrected chi connectivity index (χ4v) is 2.31. The molecule has 2 aromatic carbocycles. The van der Waals surface area contributed by atoms with Crippen LogP contribution in [0.25, 0.3) is 0 Å². The van der Waals surface area contributed by atoms with Gasteiger partial charge in [0.25, 0.3) is 5.91 Å². The van der Waals surface area contributed by atoms with Crippen LogP contribution in [0.1, 0.15) is 17.4 Å². The summed E-state index contributed by atoms with van der Waals surface area (Å²) in [6.45, 7) is 2.28. The lowest BCUT2D eigenvalue weighted by Gasteiger charge is -2.11. The molecule has 0 aliphatic heterocycles. The Morgan fingerprint density at radius 3 is 2.56 bits per heavy atom. The summed E-state index contributed by atoms with van der Waals surface area (Å²) in [6.07, 6.45) is 1.32. The van der Waals surface area contributed by atoms with Crippen LogP contribution in [0.2, 0.25) is 0 Å². The van der Waals surface area contributed by atoms with Gasteiger partial charge in [-0.25, -0.2) is 18.7 Å². The molecule has 0 bridgehead atoms. The molecule has 0 aliphatic rings. The molecule has 8 heteroatoms. The fraction of sp³-hybridized carbons (Fsp3) is 0.105. The summed E-state index contributed by atoms with van der Waals surface area (Å²) >= 11 is 0. The van der Waals surface area contributed by atoms with E-state index in [1.165, 1.54) is 18.3 Å². The Bertz CT molecular complexity index is 946. The number of aromatic nitrogens is 2. The van der Waals surface area contributed by atoms with Gasteiger partial charge in [0, 0.05) is 6.20 Å². The van der Waals surface area contributed by atoms with E-state index >= 15 is 0 Å². The SMILES string of the molecule is CCOc1ccccc1NC(=O)c1ccnc(Nc2c(F)cccc2F)n1. The Morgan fingerprint density at radius 1 is 1.07 bits per heavy atom. The molecule has 1 aromatic heterocycles. The molecule has 1 heterocycles. The van der Waals surface area contributed by atoms with Gasteiger partial charge in [-0.15, -0.1) is 0 Å². The van der Waals surface area contributed by atoms with Gasteiger partial charge < -0.3 is 15.4 Å². The molecule has 0 saturated carbocycles. The maximum absolute atomic E-state index is 13.7. The molecule has 0 atom stereocenters. The third-order valence-corrected chi connectivity index (χ3v) is 3.52. The molecule has 3 rings (SSSR count). The number of halogens is 2. The Labute approximate surface area is 154 Å². The minimum absolute atomic E-state index is 0.0237. The molecule has 0 spiro atoms. The standard InChI is InChI=1S/C19H16F2N4O2/c1-2-27-16-9-4-3-8-14(16)23-18(26)15-10-11-22-19(24-15)25-17-12(20)6-5-7-13(17)21/h3-11H,2H2,1H3,(H,23,26)(H,22,24,25). The van der Waals surface area contributed by atoms with Crippen LogP contribution in [-0.4, -0.2) is 22.5 Å². The van der Waals surface area contributed by atoms with Crippen molar-refractivity contribution >= 4 is 23.2 Å². The number of carbonyl (C=O) groups excluding carboxylic acids is 1. The highest BCUT2D eigenvalue weighted by Gasteiger charge is 2.14. The summed E-state index contributed by atoms with van der Waals surface area (Å²) < 4.78 is 33.0. The van der Waals surface area contributed by atoms with Crippen LogP contribution in [0.3, 0.4) is 0 Å². The average Bonchev–Trinajstić information content (AvgIpc) is 2.67. The molecular weight excluding hydrogens is 354 g/mol. The van der Waals surface area contributed by atoms with Crippen molar-refractivity contribution in [2.75, 3.05) is 17.2 Å². The molecule has 0 radical (unpaired) electrons. The first-order valence-corrected chi connectivity index (χ1v) is 8.15. The monoisotopic (exact) mass is 370 g/mol. The molecule has 1 amide bonds. The summed E-state index contributed by atoms with van der Waals surface area (Å²) in [4.78, 5) is 20.4. The largest absolute Gasteiger partial charge is 0.492 e. The quantitative estimate of drug-likeness (QED) is 0.682. The van der Waals surface area contributed by atoms with Gasteiger partial charge in [0.15, 0.2) is 0 Å². The van der Waals surface area contributed by atoms with Crippen molar-refractivity contribution in [3.8, 4) is 5.75 Å². The number of nitrogens with zero attached hydrogens (tertiary/aromatic N) is 2. The first-order valence-electron chi connectivity index (χ1n) is 8.15. The normalized spacial score (nSPS) is 10.3. The summed E-state index contributed by atoms with van der Waals surface area (Å²) in [6, 6.07) is 11.8. The lowest BCUT2D eigenvalue weighted by molar-refractivity contribution is 0.102.